The summed E-state index contributed by atoms with van der Waals surface area (Å²) in [5.74, 6) is 0. The van der Waals surface area contributed by atoms with Gasteiger partial charge < -0.3 is 10.2 Å². The Bertz CT molecular complexity index is 150. The van der Waals surface area contributed by atoms with Gasteiger partial charge in [-0.3, -0.25) is 0 Å². The van der Waals surface area contributed by atoms with Crippen LogP contribution in [0.5, 0.6) is 0 Å². The quantitative estimate of drug-likeness (QED) is 0.838. The Kier molecular flexibility index (Phi) is 6.45. The lowest BCUT2D eigenvalue weighted by molar-refractivity contribution is 0.198. The van der Waals surface area contributed by atoms with Gasteiger partial charge in [-0.25, -0.2) is 0 Å². The van der Waals surface area contributed by atoms with Crippen LogP contribution in [0.3, 0.4) is 0 Å². The molecule has 0 aromatic heterocycles. The molecule has 0 saturated carbocycles. The second-order valence-corrected chi connectivity index (χ2v) is 4.25. The lowest BCUT2D eigenvalue weighted by Gasteiger charge is -2.13. The van der Waals surface area contributed by atoms with Gasteiger partial charge in [-0.2, -0.15) is 0 Å². The molecule has 0 fully saturated rings. The highest BCUT2D eigenvalue weighted by Crippen LogP contribution is 2.26. The van der Waals surface area contributed by atoms with Crippen molar-refractivity contribution in [3.8, 4) is 0 Å². The molecular formula is C8H14Br2O2. The van der Waals surface area contributed by atoms with E-state index in [1.165, 1.54) is 0 Å². The fourth-order valence-corrected chi connectivity index (χ4v) is 1.85. The highest BCUT2D eigenvalue weighted by molar-refractivity contribution is 9.14. The van der Waals surface area contributed by atoms with Crippen molar-refractivity contribution >= 4 is 31.9 Å². The van der Waals surface area contributed by atoms with Gasteiger partial charge in [0.25, 0.3) is 0 Å². The van der Waals surface area contributed by atoms with E-state index in [1.807, 2.05) is 13.8 Å². The Labute approximate surface area is 89.9 Å². The van der Waals surface area contributed by atoms with E-state index in [2.05, 4.69) is 31.9 Å². The molecule has 0 amide bonds. The predicted molar refractivity (Wildman–Crippen MR) is 57.5 cm³/mol. The fraction of sp³-hybridized carbons (Fsp3) is 0.750. The summed E-state index contributed by atoms with van der Waals surface area (Å²) < 4.78 is 1.28. The molecule has 0 heterocycles. The van der Waals surface area contributed by atoms with Crippen molar-refractivity contribution < 1.29 is 10.2 Å². The van der Waals surface area contributed by atoms with Gasteiger partial charge in [0, 0.05) is 8.96 Å². The topological polar surface area (TPSA) is 40.5 Å². The highest BCUT2D eigenvalue weighted by Gasteiger charge is 2.14. The molecule has 0 aromatic carbocycles. The summed E-state index contributed by atoms with van der Waals surface area (Å²) in [6.45, 7) is 3.76. The Morgan fingerprint density at radius 1 is 1.00 bits per heavy atom. The van der Waals surface area contributed by atoms with Crippen molar-refractivity contribution in [1.29, 1.82) is 0 Å². The predicted octanol–water partition coefficient (Wildman–Crippen LogP) is 2.53. The van der Waals surface area contributed by atoms with Crippen molar-refractivity contribution in [3.05, 3.63) is 8.96 Å². The molecule has 0 aliphatic rings. The van der Waals surface area contributed by atoms with Crippen LogP contribution in [0.4, 0.5) is 0 Å². The molecule has 0 aromatic rings. The zero-order valence-electron chi connectivity index (χ0n) is 7.22. The van der Waals surface area contributed by atoms with Gasteiger partial charge in [0.15, 0.2) is 0 Å². The van der Waals surface area contributed by atoms with E-state index < -0.39 is 12.2 Å². The molecule has 0 aliphatic heterocycles. The lowest BCUT2D eigenvalue weighted by atomic mass is 10.2. The standard InChI is InChI=1S/C8H14Br2O2/c1-3-5(11)7(9)8(10)6(12)4-2/h5-6,11-12H,3-4H2,1-2H3/b8-7+/t5-,6+. The van der Waals surface area contributed by atoms with Gasteiger partial charge in [0.2, 0.25) is 0 Å². The summed E-state index contributed by atoms with van der Waals surface area (Å²) in [6.07, 6.45) is 0.208. The average Bonchev–Trinajstić information content (AvgIpc) is 2.12. The monoisotopic (exact) mass is 300 g/mol. The Morgan fingerprint density at radius 3 is 1.42 bits per heavy atom. The van der Waals surface area contributed by atoms with E-state index in [1.54, 1.807) is 0 Å². The van der Waals surface area contributed by atoms with Gasteiger partial charge in [0.1, 0.15) is 0 Å². The molecule has 0 spiro atoms. The van der Waals surface area contributed by atoms with Crippen LogP contribution in [-0.4, -0.2) is 22.4 Å². The lowest BCUT2D eigenvalue weighted by Crippen LogP contribution is -2.12. The first kappa shape index (κ1) is 12.6. The van der Waals surface area contributed by atoms with Crippen molar-refractivity contribution in [2.45, 2.75) is 38.9 Å². The first-order valence-corrected chi connectivity index (χ1v) is 5.54. The maximum Gasteiger partial charge on any atom is 0.0861 e. The molecule has 2 atom stereocenters. The van der Waals surface area contributed by atoms with Crippen LogP contribution >= 0.6 is 31.9 Å². The molecule has 12 heavy (non-hydrogen) atoms. The smallest absolute Gasteiger partial charge is 0.0861 e. The number of hydrogen-bond donors (Lipinski definition) is 2. The fourth-order valence-electron chi connectivity index (χ4n) is 0.677. The minimum absolute atomic E-state index is 0.527. The second kappa shape index (κ2) is 6.13. The molecule has 0 saturated heterocycles. The molecule has 0 rings (SSSR count). The normalized spacial score (nSPS) is 18.5. The summed E-state index contributed by atoms with van der Waals surface area (Å²) in [5, 5.41) is 18.8. The molecule has 0 radical (unpaired) electrons. The molecule has 4 heteroatoms. The minimum atomic E-state index is -0.527. The third-order valence-corrected chi connectivity index (χ3v) is 4.03. The van der Waals surface area contributed by atoms with Gasteiger partial charge >= 0.3 is 0 Å². The summed E-state index contributed by atoms with van der Waals surface area (Å²) in [7, 11) is 0. The minimum Gasteiger partial charge on any atom is -0.388 e. The zero-order chi connectivity index (χ0) is 9.72. The van der Waals surface area contributed by atoms with Gasteiger partial charge in [-0.15, -0.1) is 0 Å². The molecule has 0 bridgehead atoms. The third kappa shape index (κ3) is 3.56. The number of hydrogen-bond acceptors (Lipinski definition) is 2. The first-order valence-electron chi connectivity index (χ1n) is 3.95. The van der Waals surface area contributed by atoms with E-state index in [-0.39, 0.29) is 0 Å². The molecule has 0 aliphatic carbocycles. The Balaban J connectivity index is 4.44. The van der Waals surface area contributed by atoms with E-state index in [0.29, 0.717) is 21.8 Å². The van der Waals surface area contributed by atoms with E-state index >= 15 is 0 Å². The molecule has 72 valence electrons. The number of rotatable bonds is 4. The summed E-state index contributed by atoms with van der Waals surface area (Å²) >= 11 is 6.47. The summed E-state index contributed by atoms with van der Waals surface area (Å²) in [4.78, 5) is 0. The van der Waals surface area contributed by atoms with Crippen molar-refractivity contribution in [2.75, 3.05) is 0 Å². The second-order valence-electron chi connectivity index (χ2n) is 2.54. The zero-order valence-corrected chi connectivity index (χ0v) is 10.4. The molecule has 2 nitrogen and oxygen atoms in total. The number of halogens is 2. The van der Waals surface area contributed by atoms with E-state index in [4.69, 9.17) is 0 Å². The molecule has 2 N–H and O–H groups in total. The van der Waals surface area contributed by atoms with Crippen LogP contribution < -0.4 is 0 Å². The maximum atomic E-state index is 9.40. The average molecular weight is 302 g/mol. The van der Waals surface area contributed by atoms with Gasteiger partial charge in [-0.05, 0) is 12.8 Å². The van der Waals surface area contributed by atoms with E-state index in [0.717, 1.165) is 0 Å². The van der Waals surface area contributed by atoms with Crippen LogP contribution in [0, 0.1) is 0 Å². The number of aliphatic hydroxyl groups excluding tert-OH is 2. The van der Waals surface area contributed by atoms with Crippen molar-refractivity contribution in [1.82, 2.24) is 0 Å². The van der Waals surface area contributed by atoms with Crippen LogP contribution in [0.25, 0.3) is 0 Å². The van der Waals surface area contributed by atoms with Crippen molar-refractivity contribution in [3.63, 3.8) is 0 Å². The summed E-state index contributed by atoms with van der Waals surface area (Å²) in [6, 6.07) is 0. The molecule has 0 unspecified atom stereocenters. The van der Waals surface area contributed by atoms with E-state index in [9.17, 15) is 10.2 Å². The van der Waals surface area contributed by atoms with Crippen molar-refractivity contribution in [2.24, 2.45) is 0 Å². The van der Waals surface area contributed by atoms with Gasteiger partial charge in [0.05, 0.1) is 12.2 Å². The Morgan fingerprint density at radius 2 is 1.25 bits per heavy atom. The first-order chi connectivity index (χ1) is 5.54. The highest BCUT2D eigenvalue weighted by atomic mass is 79.9. The number of aliphatic hydroxyl groups is 2. The molecular weight excluding hydrogens is 288 g/mol. The third-order valence-electron chi connectivity index (χ3n) is 1.59. The van der Waals surface area contributed by atoms with Crippen LogP contribution in [0.15, 0.2) is 8.96 Å². The SMILES string of the molecule is CC[C@@H](O)/C(Br)=C(\Br)[C@@H](O)CC. The largest absolute Gasteiger partial charge is 0.388 e. The Hall–Kier alpha value is 0.620. The van der Waals surface area contributed by atoms with Crippen LogP contribution in [0.1, 0.15) is 26.7 Å². The van der Waals surface area contributed by atoms with Crippen LogP contribution in [0.2, 0.25) is 0 Å². The maximum absolute atomic E-state index is 9.40. The van der Waals surface area contributed by atoms with Gasteiger partial charge in [-0.1, -0.05) is 45.7 Å². The summed E-state index contributed by atoms with van der Waals surface area (Å²) in [5.41, 5.74) is 0. The van der Waals surface area contributed by atoms with Crippen LogP contribution in [-0.2, 0) is 0 Å².